The number of halogens is 1. The van der Waals surface area contributed by atoms with E-state index in [9.17, 15) is 5.11 Å². The maximum absolute atomic E-state index is 10.3. The molecular weight excluding hydrogens is 315 g/mol. The van der Waals surface area contributed by atoms with E-state index in [1.54, 1.807) is 4.90 Å². The second-order valence-corrected chi connectivity index (χ2v) is 5.55. The monoisotopic (exact) mass is 331 g/mol. The van der Waals surface area contributed by atoms with Gasteiger partial charge in [-0.15, -0.1) is 0 Å². The lowest BCUT2D eigenvalue weighted by molar-refractivity contribution is 0.392. The third kappa shape index (κ3) is 2.93. The number of nitrogens with zero attached hydrogens (tertiary/aromatic N) is 1. The summed E-state index contributed by atoms with van der Waals surface area (Å²) in [6.45, 7) is 6.11. The highest BCUT2D eigenvalue weighted by Gasteiger charge is 2.26. The molecule has 0 unspecified atom stereocenters. The predicted molar refractivity (Wildman–Crippen MR) is 88.3 cm³/mol. The lowest BCUT2D eigenvalue weighted by Crippen LogP contribution is -2.34. The third-order valence-corrected chi connectivity index (χ3v) is 3.64. The van der Waals surface area contributed by atoms with E-state index in [1.807, 2.05) is 37.6 Å². The van der Waals surface area contributed by atoms with E-state index < -0.39 is 0 Å². The Hall–Kier alpha value is -1.62. The lowest BCUT2D eigenvalue weighted by Gasteiger charge is -2.32. The largest absolute Gasteiger partial charge is 0.493 e. The van der Waals surface area contributed by atoms with Crippen LogP contribution < -0.4 is 10.6 Å². The Morgan fingerprint density at radius 3 is 2.65 bits per heavy atom. The van der Waals surface area contributed by atoms with Crippen LogP contribution in [0.2, 0.25) is 0 Å². The fraction of sp³-hybridized carbons (Fsp3) is 0.200. The average molecular weight is 332 g/mol. The summed E-state index contributed by atoms with van der Waals surface area (Å²) in [4.78, 5) is 1.64. The van der Waals surface area contributed by atoms with Gasteiger partial charge in [0.05, 0.1) is 5.70 Å². The summed E-state index contributed by atoms with van der Waals surface area (Å²) >= 11 is 3.39. The summed E-state index contributed by atoms with van der Waals surface area (Å²) < 4.78 is 0.979. The molecular formula is C15H17BBrN2O. The Bertz CT molecular complexity index is 578. The Morgan fingerprint density at radius 1 is 1.40 bits per heavy atom. The molecule has 1 aromatic rings. The Kier molecular flexibility index (Phi) is 4.60. The van der Waals surface area contributed by atoms with Gasteiger partial charge in [0.15, 0.2) is 0 Å². The van der Waals surface area contributed by atoms with Crippen LogP contribution in [0.1, 0.15) is 19.8 Å². The number of unbranched alkanes of at least 4 members (excludes halogenated alkanes) is 1. The van der Waals surface area contributed by atoms with Crippen LogP contribution in [0.15, 0.2) is 64.0 Å². The zero-order valence-electron chi connectivity index (χ0n) is 11.4. The molecule has 1 heterocycles. The molecule has 20 heavy (non-hydrogen) atoms. The van der Waals surface area contributed by atoms with Gasteiger partial charge in [-0.25, -0.2) is 0 Å². The Labute approximate surface area is 128 Å². The smallest absolute Gasteiger partial charge is 0.218 e. The highest BCUT2D eigenvalue weighted by Crippen LogP contribution is 2.30. The molecule has 103 valence electrons. The van der Waals surface area contributed by atoms with Crippen LogP contribution in [0.25, 0.3) is 0 Å². The van der Waals surface area contributed by atoms with Gasteiger partial charge >= 0.3 is 0 Å². The Morgan fingerprint density at radius 2 is 2.05 bits per heavy atom. The molecule has 3 N–H and O–H groups in total. The van der Waals surface area contributed by atoms with Gasteiger partial charge in [-0.3, -0.25) is 4.90 Å². The molecule has 2 rings (SSSR count). The molecule has 0 saturated carbocycles. The molecule has 1 aromatic carbocycles. The van der Waals surface area contributed by atoms with Crippen molar-refractivity contribution in [3.05, 3.63) is 64.0 Å². The molecule has 3 nitrogen and oxygen atoms in total. The SMILES string of the molecule is C=C1[B]/C(=C/CCC)C(N)=C(O)N1c1ccc(Br)cc1. The van der Waals surface area contributed by atoms with E-state index in [4.69, 9.17) is 5.73 Å². The Balaban J connectivity index is 2.39. The molecule has 5 heteroatoms. The van der Waals surface area contributed by atoms with E-state index in [1.165, 1.54) is 0 Å². The summed E-state index contributed by atoms with van der Waals surface area (Å²) in [5, 5.41) is 10.3. The second-order valence-electron chi connectivity index (χ2n) is 4.63. The second kappa shape index (κ2) is 6.22. The number of anilines is 1. The number of aliphatic hydroxyl groups is 1. The van der Waals surface area contributed by atoms with Crippen LogP contribution >= 0.6 is 15.9 Å². The first-order valence-corrected chi connectivity index (χ1v) is 7.32. The van der Waals surface area contributed by atoms with Crippen molar-refractivity contribution in [3.63, 3.8) is 0 Å². The summed E-state index contributed by atoms with van der Waals surface area (Å²) in [5.74, 6) is 0.0298. The van der Waals surface area contributed by atoms with Crippen LogP contribution in [0.3, 0.4) is 0 Å². The fourth-order valence-corrected chi connectivity index (χ4v) is 2.32. The van der Waals surface area contributed by atoms with Crippen LogP contribution in [0.4, 0.5) is 5.69 Å². The normalized spacial score (nSPS) is 17.6. The summed E-state index contributed by atoms with van der Waals surface area (Å²) in [5.41, 5.74) is 8.76. The predicted octanol–water partition coefficient (Wildman–Crippen LogP) is 3.81. The molecule has 0 atom stereocenters. The van der Waals surface area contributed by atoms with Crippen molar-refractivity contribution in [1.82, 2.24) is 0 Å². The standard InChI is InChI=1S/C15H17BBrN2O/c1-3-4-5-13-14(18)15(20)19(10(2)16-13)12-8-6-11(17)7-9-12/h5-9,20H,2-4,18H2,1H3/b13-5+. The number of rotatable bonds is 3. The van der Waals surface area contributed by atoms with E-state index in [-0.39, 0.29) is 5.88 Å². The molecule has 1 aliphatic rings. The van der Waals surface area contributed by atoms with Crippen LogP contribution in [0.5, 0.6) is 0 Å². The molecule has 0 bridgehead atoms. The van der Waals surface area contributed by atoms with Crippen molar-refractivity contribution in [2.75, 3.05) is 4.90 Å². The summed E-state index contributed by atoms with van der Waals surface area (Å²) in [7, 11) is 1.90. The number of hydrogen-bond acceptors (Lipinski definition) is 3. The third-order valence-electron chi connectivity index (χ3n) is 3.11. The minimum absolute atomic E-state index is 0.0298. The van der Waals surface area contributed by atoms with Crippen LogP contribution in [-0.4, -0.2) is 12.4 Å². The first-order chi connectivity index (χ1) is 9.54. The molecule has 0 aromatic heterocycles. The minimum atomic E-state index is 0.0298. The number of allylic oxidation sites excluding steroid dienone is 2. The number of nitrogens with two attached hydrogens (primary N) is 1. The van der Waals surface area contributed by atoms with Crippen LogP contribution in [-0.2, 0) is 0 Å². The van der Waals surface area contributed by atoms with Gasteiger partial charge in [0.2, 0.25) is 13.2 Å². The van der Waals surface area contributed by atoms with Gasteiger partial charge in [-0.1, -0.05) is 47.4 Å². The highest BCUT2D eigenvalue weighted by atomic mass is 79.9. The first-order valence-electron chi connectivity index (χ1n) is 6.53. The molecule has 0 spiro atoms. The number of aliphatic hydroxyl groups excluding tert-OH is 1. The van der Waals surface area contributed by atoms with Gasteiger partial charge in [-0.2, -0.15) is 0 Å². The lowest BCUT2D eigenvalue weighted by atomic mass is 9.62. The van der Waals surface area contributed by atoms with Crippen molar-refractivity contribution >= 4 is 28.9 Å². The van der Waals surface area contributed by atoms with Crippen molar-refractivity contribution in [2.24, 2.45) is 5.73 Å². The van der Waals surface area contributed by atoms with E-state index in [2.05, 4.69) is 29.4 Å². The van der Waals surface area contributed by atoms with Crippen LogP contribution in [0, 0.1) is 0 Å². The zero-order valence-corrected chi connectivity index (χ0v) is 13.0. The van der Waals surface area contributed by atoms with Gasteiger partial charge < -0.3 is 10.8 Å². The molecule has 0 amide bonds. The number of benzene rings is 1. The number of hydrogen-bond donors (Lipinski definition) is 2. The van der Waals surface area contributed by atoms with Gasteiger partial charge in [0, 0.05) is 10.2 Å². The van der Waals surface area contributed by atoms with Crippen molar-refractivity contribution < 1.29 is 5.11 Å². The van der Waals surface area contributed by atoms with Gasteiger partial charge in [-0.05, 0) is 36.3 Å². The quantitative estimate of drug-likeness (QED) is 0.828. The molecule has 0 fully saturated rings. The first kappa shape index (κ1) is 14.8. The molecule has 0 saturated heterocycles. The highest BCUT2D eigenvalue weighted by molar-refractivity contribution is 9.10. The van der Waals surface area contributed by atoms with Crippen molar-refractivity contribution in [1.29, 1.82) is 0 Å². The topological polar surface area (TPSA) is 49.5 Å². The molecule has 0 aliphatic carbocycles. The van der Waals surface area contributed by atoms with Gasteiger partial charge in [0.25, 0.3) is 0 Å². The van der Waals surface area contributed by atoms with Crippen molar-refractivity contribution in [2.45, 2.75) is 19.8 Å². The maximum Gasteiger partial charge on any atom is 0.218 e. The van der Waals surface area contributed by atoms with E-state index in [0.29, 0.717) is 11.3 Å². The fourth-order valence-electron chi connectivity index (χ4n) is 2.05. The van der Waals surface area contributed by atoms with E-state index in [0.717, 1.165) is 28.5 Å². The van der Waals surface area contributed by atoms with Crippen molar-refractivity contribution in [3.8, 4) is 0 Å². The average Bonchev–Trinajstić information content (AvgIpc) is 2.43. The zero-order chi connectivity index (χ0) is 14.7. The summed E-state index contributed by atoms with van der Waals surface area (Å²) in [6.07, 6.45) is 3.98. The minimum Gasteiger partial charge on any atom is -0.493 e. The maximum atomic E-state index is 10.3. The molecule has 1 radical (unpaired) electrons. The van der Waals surface area contributed by atoms with Gasteiger partial charge in [0.1, 0.15) is 0 Å². The summed E-state index contributed by atoms with van der Waals surface area (Å²) in [6, 6.07) is 7.61. The molecule has 1 aliphatic heterocycles. The van der Waals surface area contributed by atoms with E-state index >= 15 is 0 Å².